The number of nitrogens with zero attached hydrogens (tertiary/aromatic N) is 4. The lowest BCUT2D eigenvalue weighted by Gasteiger charge is -2.20. The summed E-state index contributed by atoms with van der Waals surface area (Å²) < 4.78 is 0. The van der Waals surface area contributed by atoms with Crippen molar-refractivity contribution >= 4 is 17.2 Å². The summed E-state index contributed by atoms with van der Waals surface area (Å²) in [5.74, 6) is 0.480. The number of aryl methyl sites for hydroxylation is 1. The van der Waals surface area contributed by atoms with Crippen molar-refractivity contribution in [3.63, 3.8) is 0 Å². The standard InChI is InChI=1S/C19H18N4OS/c1-3-12-23(13-15-8-5-4-6-9-15)19(24)16-14(2)22-18(25-16)17-20-10-7-11-21-17/h3-11H,1,12-13H2,2H3. The van der Waals surface area contributed by atoms with Crippen LogP contribution in [0.25, 0.3) is 10.8 Å². The Morgan fingerprint density at radius 2 is 1.92 bits per heavy atom. The Hall–Kier alpha value is -2.86. The fourth-order valence-electron chi connectivity index (χ4n) is 2.42. The molecule has 0 aliphatic rings. The van der Waals surface area contributed by atoms with Gasteiger partial charge in [-0.25, -0.2) is 15.0 Å². The highest BCUT2D eigenvalue weighted by Crippen LogP contribution is 2.26. The maximum Gasteiger partial charge on any atom is 0.266 e. The Morgan fingerprint density at radius 3 is 2.60 bits per heavy atom. The Morgan fingerprint density at radius 1 is 1.20 bits per heavy atom. The summed E-state index contributed by atoms with van der Waals surface area (Å²) in [7, 11) is 0. The number of aromatic nitrogens is 3. The molecule has 0 aliphatic heterocycles. The van der Waals surface area contributed by atoms with Crippen LogP contribution >= 0.6 is 11.3 Å². The van der Waals surface area contributed by atoms with Crippen molar-refractivity contribution in [2.24, 2.45) is 0 Å². The Balaban J connectivity index is 1.87. The van der Waals surface area contributed by atoms with E-state index in [1.807, 2.05) is 37.3 Å². The second-order valence-corrected chi connectivity index (χ2v) is 6.46. The Kier molecular flexibility index (Phi) is 5.30. The summed E-state index contributed by atoms with van der Waals surface area (Å²) >= 11 is 1.32. The van der Waals surface area contributed by atoms with Crippen molar-refractivity contribution in [3.05, 3.63) is 77.6 Å². The molecule has 0 atom stereocenters. The van der Waals surface area contributed by atoms with E-state index in [1.165, 1.54) is 11.3 Å². The molecule has 0 saturated heterocycles. The van der Waals surface area contributed by atoms with Gasteiger partial charge in [0.05, 0.1) is 5.69 Å². The maximum absolute atomic E-state index is 13.0. The van der Waals surface area contributed by atoms with Crippen molar-refractivity contribution in [2.45, 2.75) is 13.5 Å². The van der Waals surface area contributed by atoms with Crippen molar-refractivity contribution < 1.29 is 4.79 Å². The van der Waals surface area contributed by atoms with Crippen LogP contribution in [0.15, 0.2) is 61.4 Å². The van der Waals surface area contributed by atoms with Gasteiger partial charge < -0.3 is 4.90 Å². The van der Waals surface area contributed by atoms with Crippen molar-refractivity contribution in [1.29, 1.82) is 0 Å². The highest BCUT2D eigenvalue weighted by Gasteiger charge is 2.22. The second-order valence-electron chi connectivity index (χ2n) is 5.47. The molecule has 0 aliphatic carbocycles. The van der Waals surface area contributed by atoms with Gasteiger partial charge in [-0.05, 0) is 18.6 Å². The molecule has 1 amide bonds. The minimum Gasteiger partial charge on any atom is -0.330 e. The van der Waals surface area contributed by atoms with Crippen LogP contribution in [-0.2, 0) is 6.54 Å². The summed E-state index contributed by atoms with van der Waals surface area (Å²) in [6.07, 6.45) is 5.07. The maximum atomic E-state index is 13.0. The molecule has 0 radical (unpaired) electrons. The van der Waals surface area contributed by atoms with E-state index in [1.54, 1.807) is 29.4 Å². The fourth-order valence-corrected chi connectivity index (χ4v) is 3.40. The molecular formula is C19H18N4OS. The monoisotopic (exact) mass is 350 g/mol. The van der Waals surface area contributed by atoms with Gasteiger partial charge in [0.2, 0.25) is 0 Å². The predicted molar refractivity (Wildman–Crippen MR) is 99.3 cm³/mol. The van der Waals surface area contributed by atoms with Gasteiger partial charge in [-0.2, -0.15) is 0 Å². The van der Waals surface area contributed by atoms with E-state index in [0.717, 1.165) is 5.56 Å². The molecular weight excluding hydrogens is 332 g/mol. The topological polar surface area (TPSA) is 59.0 Å². The first-order valence-electron chi connectivity index (χ1n) is 7.88. The van der Waals surface area contributed by atoms with Crippen LogP contribution in [-0.4, -0.2) is 32.3 Å². The lowest BCUT2D eigenvalue weighted by molar-refractivity contribution is 0.0766. The van der Waals surface area contributed by atoms with Crippen LogP contribution in [0.4, 0.5) is 0 Å². The zero-order valence-electron chi connectivity index (χ0n) is 13.9. The number of benzene rings is 1. The largest absolute Gasteiger partial charge is 0.330 e. The highest BCUT2D eigenvalue weighted by atomic mass is 32.1. The van der Waals surface area contributed by atoms with E-state index in [9.17, 15) is 4.79 Å². The van der Waals surface area contributed by atoms with E-state index in [4.69, 9.17) is 0 Å². The third kappa shape index (κ3) is 3.97. The van der Waals surface area contributed by atoms with Gasteiger partial charge in [0, 0.05) is 25.5 Å². The van der Waals surface area contributed by atoms with Crippen LogP contribution in [0.2, 0.25) is 0 Å². The predicted octanol–water partition coefficient (Wildman–Crippen LogP) is 3.74. The summed E-state index contributed by atoms with van der Waals surface area (Å²) in [5, 5.41) is 0.653. The van der Waals surface area contributed by atoms with Gasteiger partial charge in [-0.1, -0.05) is 36.4 Å². The van der Waals surface area contributed by atoms with Gasteiger partial charge in [-0.3, -0.25) is 4.79 Å². The number of thiazole rings is 1. The molecule has 0 N–H and O–H groups in total. The summed E-state index contributed by atoms with van der Waals surface area (Å²) in [4.78, 5) is 28.3. The average Bonchev–Trinajstić information content (AvgIpc) is 3.04. The SMILES string of the molecule is C=CCN(Cc1ccccc1)C(=O)c1sc(-c2ncccn2)nc1C. The molecule has 6 heteroatoms. The fraction of sp³-hybridized carbons (Fsp3) is 0.158. The van der Waals surface area contributed by atoms with Gasteiger partial charge in [0.25, 0.3) is 5.91 Å². The zero-order valence-corrected chi connectivity index (χ0v) is 14.7. The lowest BCUT2D eigenvalue weighted by atomic mass is 10.2. The molecule has 2 heterocycles. The zero-order chi connectivity index (χ0) is 17.6. The van der Waals surface area contributed by atoms with Crippen molar-refractivity contribution in [1.82, 2.24) is 19.9 Å². The quantitative estimate of drug-likeness (QED) is 0.636. The molecule has 126 valence electrons. The average molecular weight is 350 g/mol. The van der Waals surface area contributed by atoms with Crippen molar-refractivity contribution in [2.75, 3.05) is 6.54 Å². The molecule has 0 saturated carbocycles. The number of carbonyl (C=O) groups is 1. The highest BCUT2D eigenvalue weighted by molar-refractivity contribution is 7.17. The minimum atomic E-state index is -0.0547. The van der Waals surface area contributed by atoms with Crippen molar-refractivity contribution in [3.8, 4) is 10.8 Å². The lowest BCUT2D eigenvalue weighted by Crippen LogP contribution is -2.30. The number of rotatable bonds is 6. The molecule has 0 unspecified atom stereocenters. The number of hydrogen-bond donors (Lipinski definition) is 0. The van der Waals surface area contributed by atoms with E-state index in [-0.39, 0.29) is 5.91 Å². The first-order chi connectivity index (χ1) is 12.2. The first kappa shape index (κ1) is 17.0. The third-order valence-electron chi connectivity index (χ3n) is 3.60. The van der Waals surface area contributed by atoms with E-state index in [2.05, 4.69) is 21.5 Å². The van der Waals surface area contributed by atoms with Gasteiger partial charge >= 0.3 is 0 Å². The number of amides is 1. The molecule has 0 fully saturated rings. The van der Waals surface area contributed by atoms with E-state index >= 15 is 0 Å². The molecule has 0 bridgehead atoms. The van der Waals surface area contributed by atoms with E-state index < -0.39 is 0 Å². The smallest absolute Gasteiger partial charge is 0.266 e. The molecule has 1 aromatic carbocycles. The normalized spacial score (nSPS) is 10.4. The molecule has 3 aromatic rings. The summed E-state index contributed by atoms with van der Waals surface area (Å²) in [6.45, 7) is 6.61. The first-order valence-corrected chi connectivity index (χ1v) is 8.69. The van der Waals surface area contributed by atoms with Crippen LogP contribution in [0.5, 0.6) is 0 Å². The Bertz CT molecular complexity index is 862. The molecule has 25 heavy (non-hydrogen) atoms. The molecule has 0 spiro atoms. The van der Waals surface area contributed by atoms with Crippen LogP contribution in [0.1, 0.15) is 20.9 Å². The van der Waals surface area contributed by atoms with E-state index in [0.29, 0.717) is 34.5 Å². The minimum absolute atomic E-state index is 0.0547. The molecule has 3 rings (SSSR count). The van der Waals surface area contributed by atoms with Gasteiger partial charge in [-0.15, -0.1) is 17.9 Å². The van der Waals surface area contributed by atoms with Crippen LogP contribution in [0.3, 0.4) is 0 Å². The van der Waals surface area contributed by atoms with Crippen LogP contribution in [0, 0.1) is 6.92 Å². The Labute approximate surface area is 150 Å². The van der Waals surface area contributed by atoms with Gasteiger partial charge in [0.1, 0.15) is 4.88 Å². The third-order valence-corrected chi connectivity index (χ3v) is 4.74. The summed E-state index contributed by atoms with van der Waals surface area (Å²) in [6, 6.07) is 11.7. The number of carbonyl (C=O) groups excluding carboxylic acids is 1. The van der Waals surface area contributed by atoms with Gasteiger partial charge in [0.15, 0.2) is 10.8 Å². The number of hydrogen-bond acceptors (Lipinski definition) is 5. The summed E-state index contributed by atoms with van der Waals surface area (Å²) in [5.41, 5.74) is 1.77. The molecule has 5 nitrogen and oxygen atoms in total. The molecule has 2 aromatic heterocycles. The van der Waals surface area contributed by atoms with Crippen LogP contribution < -0.4 is 0 Å². The second kappa shape index (κ2) is 7.81.